The molecule has 19 heavy (non-hydrogen) atoms. The van der Waals surface area contributed by atoms with Crippen LogP contribution in [0.3, 0.4) is 0 Å². The van der Waals surface area contributed by atoms with E-state index in [0.29, 0.717) is 12.1 Å². The fraction of sp³-hybridized carbons (Fsp3) is 0.529. The molecule has 0 spiro atoms. The number of benzene rings is 1. The summed E-state index contributed by atoms with van der Waals surface area (Å²) >= 11 is 0. The van der Waals surface area contributed by atoms with Crippen LogP contribution in [0, 0.1) is 0 Å². The summed E-state index contributed by atoms with van der Waals surface area (Å²) in [5, 5.41) is 5.27. The van der Waals surface area contributed by atoms with Crippen LogP contribution in [0.4, 0.5) is 0 Å². The van der Waals surface area contributed by atoms with Crippen LogP contribution in [0.5, 0.6) is 0 Å². The smallest absolute Gasteiger partial charge is 0.0478 e. The zero-order valence-corrected chi connectivity index (χ0v) is 12.0. The predicted octanol–water partition coefficient (Wildman–Crippen LogP) is 4.32. The SMILES string of the molecule is CCC(CC)NC1CCCc2c1[nH]c1ccccc21. The Bertz CT molecular complexity index is 551. The van der Waals surface area contributed by atoms with Crippen LogP contribution in [0.25, 0.3) is 10.9 Å². The Hall–Kier alpha value is -1.28. The molecule has 1 aromatic carbocycles. The van der Waals surface area contributed by atoms with Crippen molar-refractivity contribution in [3.8, 4) is 0 Å². The van der Waals surface area contributed by atoms with Crippen LogP contribution in [0.2, 0.25) is 0 Å². The van der Waals surface area contributed by atoms with Crippen LogP contribution < -0.4 is 5.32 Å². The summed E-state index contributed by atoms with van der Waals surface area (Å²) in [5.74, 6) is 0. The van der Waals surface area contributed by atoms with Gasteiger partial charge in [-0.15, -0.1) is 0 Å². The second-order valence-electron chi connectivity index (χ2n) is 5.69. The lowest BCUT2D eigenvalue weighted by Gasteiger charge is -2.28. The second-order valence-corrected chi connectivity index (χ2v) is 5.69. The average Bonchev–Trinajstić information content (AvgIpc) is 2.84. The Morgan fingerprint density at radius 3 is 2.84 bits per heavy atom. The van der Waals surface area contributed by atoms with Crippen LogP contribution >= 0.6 is 0 Å². The maximum Gasteiger partial charge on any atom is 0.0478 e. The molecule has 0 fully saturated rings. The minimum absolute atomic E-state index is 0.515. The summed E-state index contributed by atoms with van der Waals surface area (Å²) in [6.07, 6.45) is 6.20. The first-order chi connectivity index (χ1) is 9.33. The van der Waals surface area contributed by atoms with E-state index in [4.69, 9.17) is 0 Å². The zero-order valence-electron chi connectivity index (χ0n) is 12.0. The average molecular weight is 256 g/mol. The first-order valence-electron chi connectivity index (χ1n) is 7.69. The Morgan fingerprint density at radius 2 is 2.05 bits per heavy atom. The fourth-order valence-electron chi connectivity index (χ4n) is 3.39. The topological polar surface area (TPSA) is 27.8 Å². The van der Waals surface area contributed by atoms with Crippen molar-refractivity contribution in [2.24, 2.45) is 0 Å². The first kappa shape index (κ1) is 12.7. The minimum atomic E-state index is 0.515. The van der Waals surface area contributed by atoms with Crippen molar-refractivity contribution >= 4 is 10.9 Å². The van der Waals surface area contributed by atoms with E-state index in [-0.39, 0.29) is 0 Å². The number of nitrogens with one attached hydrogen (secondary N) is 2. The first-order valence-corrected chi connectivity index (χ1v) is 7.69. The van der Waals surface area contributed by atoms with Gasteiger partial charge in [-0.3, -0.25) is 0 Å². The van der Waals surface area contributed by atoms with Gasteiger partial charge >= 0.3 is 0 Å². The Balaban J connectivity index is 1.95. The molecular weight excluding hydrogens is 232 g/mol. The lowest BCUT2D eigenvalue weighted by molar-refractivity contribution is 0.375. The van der Waals surface area contributed by atoms with Crippen molar-refractivity contribution in [2.45, 2.75) is 58.0 Å². The lowest BCUT2D eigenvalue weighted by atomic mass is 9.91. The van der Waals surface area contributed by atoms with Gasteiger partial charge < -0.3 is 10.3 Å². The van der Waals surface area contributed by atoms with Gasteiger partial charge in [-0.05, 0) is 43.7 Å². The molecule has 1 unspecified atom stereocenters. The Labute approximate surface area is 115 Å². The molecule has 2 N–H and O–H groups in total. The maximum atomic E-state index is 3.84. The van der Waals surface area contributed by atoms with E-state index in [0.717, 1.165) is 0 Å². The number of hydrogen-bond donors (Lipinski definition) is 2. The molecule has 2 aromatic rings. The van der Waals surface area contributed by atoms with E-state index in [1.165, 1.54) is 48.7 Å². The number of rotatable bonds is 4. The molecule has 0 saturated carbocycles. The van der Waals surface area contributed by atoms with Gasteiger partial charge in [0, 0.05) is 28.7 Å². The van der Waals surface area contributed by atoms with Crippen molar-refractivity contribution in [1.29, 1.82) is 0 Å². The number of fused-ring (bicyclic) bond motifs is 3. The van der Waals surface area contributed by atoms with Crippen LogP contribution in [-0.4, -0.2) is 11.0 Å². The van der Waals surface area contributed by atoms with Gasteiger partial charge in [0.15, 0.2) is 0 Å². The summed E-state index contributed by atoms with van der Waals surface area (Å²) in [4.78, 5) is 3.66. The molecule has 3 rings (SSSR count). The zero-order chi connectivity index (χ0) is 13.2. The fourth-order valence-corrected chi connectivity index (χ4v) is 3.39. The number of para-hydroxylation sites is 1. The highest BCUT2D eigenvalue weighted by Crippen LogP contribution is 2.35. The van der Waals surface area contributed by atoms with Gasteiger partial charge in [0.2, 0.25) is 0 Å². The Morgan fingerprint density at radius 1 is 1.26 bits per heavy atom. The minimum Gasteiger partial charge on any atom is -0.357 e. The third-order valence-corrected chi connectivity index (χ3v) is 4.54. The normalized spacial score (nSPS) is 19.0. The predicted molar refractivity (Wildman–Crippen MR) is 81.5 cm³/mol. The molecule has 1 atom stereocenters. The van der Waals surface area contributed by atoms with Gasteiger partial charge in [-0.2, -0.15) is 0 Å². The third-order valence-electron chi connectivity index (χ3n) is 4.54. The maximum absolute atomic E-state index is 3.84. The van der Waals surface area contributed by atoms with Crippen LogP contribution in [0.15, 0.2) is 24.3 Å². The molecule has 2 heteroatoms. The molecule has 1 aliphatic rings. The van der Waals surface area contributed by atoms with Crippen molar-refractivity contribution in [1.82, 2.24) is 10.3 Å². The largest absolute Gasteiger partial charge is 0.357 e. The summed E-state index contributed by atoms with van der Waals surface area (Å²) in [6, 6.07) is 9.87. The van der Waals surface area contributed by atoms with Crippen LogP contribution in [-0.2, 0) is 6.42 Å². The molecule has 0 bridgehead atoms. The summed E-state index contributed by atoms with van der Waals surface area (Å²) in [5.41, 5.74) is 4.29. The quantitative estimate of drug-likeness (QED) is 0.837. The second kappa shape index (κ2) is 5.38. The molecule has 1 aliphatic carbocycles. The van der Waals surface area contributed by atoms with Crippen molar-refractivity contribution in [3.63, 3.8) is 0 Å². The van der Waals surface area contributed by atoms with Gasteiger partial charge in [0.1, 0.15) is 0 Å². The molecule has 0 radical (unpaired) electrons. The summed E-state index contributed by atoms with van der Waals surface area (Å²) in [7, 11) is 0. The standard InChI is InChI=1S/C17H24N2/c1-3-12(4-2)18-16-11-7-9-14-13-8-5-6-10-15(13)19-17(14)16/h5-6,8,10,12,16,18-19H,3-4,7,9,11H2,1-2H3. The molecule has 102 valence electrons. The number of aryl methyl sites for hydroxylation is 1. The highest BCUT2D eigenvalue weighted by molar-refractivity contribution is 5.85. The van der Waals surface area contributed by atoms with Crippen molar-refractivity contribution in [3.05, 3.63) is 35.5 Å². The highest BCUT2D eigenvalue weighted by atomic mass is 15.0. The molecular formula is C17H24N2. The highest BCUT2D eigenvalue weighted by Gasteiger charge is 2.25. The van der Waals surface area contributed by atoms with Gasteiger partial charge in [-0.1, -0.05) is 32.0 Å². The number of H-pyrrole nitrogens is 1. The third kappa shape index (κ3) is 2.30. The van der Waals surface area contributed by atoms with Crippen molar-refractivity contribution in [2.75, 3.05) is 0 Å². The van der Waals surface area contributed by atoms with Crippen LogP contribution in [0.1, 0.15) is 56.8 Å². The lowest BCUT2D eigenvalue weighted by Crippen LogP contribution is -2.33. The molecule has 0 saturated heterocycles. The molecule has 0 aliphatic heterocycles. The molecule has 0 amide bonds. The number of hydrogen-bond acceptors (Lipinski definition) is 1. The van der Waals surface area contributed by atoms with Gasteiger partial charge in [0.25, 0.3) is 0 Å². The van der Waals surface area contributed by atoms with Gasteiger partial charge in [-0.25, -0.2) is 0 Å². The molecule has 1 aromatic heterocycles. The van der Waals surface area contributed by atoms with E-state index in [1.807, 2.05) is 0 Å². The monoisotopic (exact) mass is 256 g/mol. The number of aromatic nitrogens is 1. The van der Waals surface area contributed by atoms with Crippen molar-refractivity contribution < 1.29 is 0 Å². The van der Waals surface area contributed by atoms with E-state index in [1.54, 1.807) is 5.56 Å². The van der Waals surface area contributed by atoms with E-state index < -0.39 is 0 Å². The molecule has 2 nitrogen and oxygen atoms in total. The molecule has 1 heterocycles. The number of aromatic amines is 1. The van der Waals surface area contributed by atoms with E-state index >= 15 is 0 Å². The van der Waals surface area contributed by atoms with Gasteiger partial charge in [0.05, 0.1) is 0 Å². The summed E-state index contributed by atoms with van der Waals surface area (Å²) < 4.78 is 0. The van der Waals surface area contributed by atoms with E-state index in [2.05, 4.69) is 48.4 Å². The summed E-state index contributed by atoms with van der Waals surface area (Å²) in [6.45, 7) is 4.55. The van der Waals surface area contributed by atoms with E-state index in [9.17, 15) is 0 Å². The Kier molecular flexibility index (Phi) is 3.61.